The number of aromatic nitrogens is 2. The Morgan fingerprint density at radius 3 is 2.92 bits per heavy atom. The molecule has 0 saturated heterocycles. The van der Waals surface area contributed by atoms with E-state index in [-0.39, 0.29) is 12.3 Å². The summed E-state index contributed by atoms with van der Waals surface area (Å²) < 4.78 is 31.4. The van der Waals surface area contributed by atoms with Gasteiger partial charge in [0.05, 0.1) is 6.33 Å². The summed E-state index contributed by atoms with van der Waals surface area (Å²) in [6.07, 6.45) is 6.28. The molecule has 0 spiro atoms. The van der Waals surface area contributed by atoms with Crippen LogP contribution in [0.4, 0.5) is 8.78 Å². The van der Waals surface area contributed by atoms with Crippen molar-refractivity contribution in [2.45, 2.75) is 26.1 Å². The smallest absolute Gasteiger partial charge is 0.387 e. The fourth-order valence-corrected chi connectivity index (χ4v) is 2.38. The van der Waals surface area contributed by atoms with E-state index < -0.39 is 6.61 Å². The monoisotopic (exact) mass is 371 g/mol. The Balaban J connectivity index is 1.82. The molecule has 25 heavy (non-hydrogen) atoms. The van der Waals surface area contributed by atoms with E-state index >= 15 is 0 Å². The van der Waals surface area contributed by atoms with Gasteiger partial charge in [-0.3, -0.25) is 4.99 Å². The molecule has 0 aliphatic carbocycles. The normalized spacial score (nSPS) is 11.6. The van der Waals surface area contributed by atoms with Crippen molar-refractivity contribution in [1.82, 2.24) is 20.2 Å². The number of aliphatic imine (C=N–C) groups is 1. The maximum atomic E-state index is 12.5. The van der Waals surface area contributed by atoms with Gasteiger partial charge in [0.25, 0.3) is 0 Å². The maximum Gasteiger partial charge on any atom is 0.387 e. The first kappa shape index (κ1) is 19.0. The average Bonchev–Trinajstić information content (AvgIpc) is 3.09. The average molecular weight is 372 g/mol. The van der Waals surface area contributed by atoms with Gasteiger partial charge in [0.2, 0.25) is 0 Å². The molecular weight excluding hydrogens is 352 g/mol. The highest BCUT2D eigenvalue weighted by molar-refractivity contribution is 6.30. The van der Waals surface area contributed by atoms with Gasteiger partial charge in [-0.2, -0.15) is 8.78 Å². The molecule has 2 rings (SSSR count). The van der Waals surface area contributed by atoms with Crippen LogP contribution in [-0.4, -0.2) is 35.7 Å². The topological polar surface area (TPSA) is 63.5 Å². The van der Waals surface area contributed by atoms with Crippen LogP contribution in [0.15, 0.2) is 41.9 Å². The van der Waals surface area contributed by atoms with Crippen molar-refractivity contribution in [3.05, 3.63) is 47.5 Å². The minimum absolute atomic E-state index is 0.0856. The molecule has 9 heteroatoms. The number of benzene rings is 1. The summed E-state index contributed by atoms with van der Waals surface area (Å²) in [6, 6.07) is 4.51. The standard InChI is InChI=1S/C16H20ClF2N5O/c1-20-16(22-5-2-7-24-8-6-21-11-24)23-10-12-9-13(17)3-4-14(12)25-15(18)19/h3-4,6,8-9,11,15H,2,5,7,10H2,1H3,(H2,20,22,23). The van der Waals surface area contributed by atoms with Crippen molar-refractivity contribution in [1.29, 1.82) is 0 Å². The Labute approximate surface area is 149 Å². The third kappa shape index (κ3) is 6.58. The van der Waals surface area contributed by atoms with Crippen LogP contribution < -0.4 is 15.4 Å². The summed E-state index contributed by atoms with van der Waals surface area (Å²) in [6.45, 7) is -1.09. The molecule has 0 bridgehead atoms. The van der Waals surface area contributed by atoms with Crippen molar-refractivity contribution in [2.24, 2.45) is 4.99 Å². The zero-order chi connectivity index (χ0) is 18.1. The molecule has 0 aliphatic rings. The van der Waals surface area contributed by atoms with Gasteiger partial charge in [0, 0.05) is 49.7 Å². The van der Waals surface area contributed by atoms with Crippen LogP contribution in [0, 0.1) is 0 Å². The van der Waals surface area contributed by atoms with Crippen molar-refractivity contribution in [3.8, 4) is 5.75 Å². The lowest BCUT2D eigenvalue weighted by Gasteiger charge is -2.15. The zero-order valence-electron chi connectivity index (χ0n) is 13.8. The number of imidazole rings is 1. The first-order valence-electron chi connectivity index (χ1n) is 7.72. The molecule has 1 heterocycles. The molecule has 0 unspecified atom stereocenters. The van der Waals surface area contributed by atoms with E-state index in [0.29, 0.717) is 23.1 Å². The molecule has 0 amide bonds. The van der Waals surface area contributed by atoms with Crippen molar-refractivity contribution < 1.29 is 13.5 Å². The Morgan fingerprint density at radius 2 is 2.24 bits per heavy atom. The molecule has 2 N–H and O–H groups in total. The van der Waals surface area contributed by atoms with Gasteiger partial charge in [0.15, 0.2) is 5.96 Å². The van der Waals surface area contributed by atoms with Crippen molar-refractivity contribution in [3.63, 3.8) is 0 Å². The predicted octanol–water partition coefficient (Wildman–Crippen LogP) is 2.89. The van der Waals surface area contributed by atoms with Crippen LogP contribution in [0.5, 0.6) is 5.75 Å². The number of guanidine groups is 1. The molecule has 0 atom stereocenters. The van der Waals surface area contributed by atoms with Gasteiger partial charge in [-0.1, -0.05) is 11.6 Å². The second kappa shape index (κ2) is 9.83. The van der Waals surface area contributed by atoms with Crippen molar-refractivity contribution >= 4 is 17.6 Å². The summed E-state index contributed by atoms with van der Waals surface area (Å²) in [5.74, 6) is 0.649. The Hall–Kier alpha value is -2.35. The van der Waals surface area contributed by atoms with Gasteiger partial charge in [0.1, 0.15) is 5.75 Å². The SMILES string of the molecule is CN=C(NCCCn1ccnc1)NCc1cc(Cl)ccc1OC(F)F. The summed E-state index contributed by atoms with van der Waals surface area (Å²) >= 11 is 5.93. The molecule has 1 aromatic heterocycles. The molecular formula is C16H20ClF2N5O. The van der Waals surface area contributed by atoms with Crippen LogP contribution in [0.3, 0.4) is 0 Å². The highest BCUT2D eigenvalue weighted by Crippen LogP contribution is 2.24. The fraction of sp³-hybridized carbons (Fsp3) is 0.375. The molecule has 136 valence electrons. The van der Waals surface area contributed by atoms with Gasteiger partial charge in [-0.25, -0.2) is 4.98 Å². The van der Waals surface area contributed by atoms with E-state index in [1.807, 2.05) is 10.8 Å². The third-order valence-electron chi connectivity index (χ3n) is 3.35. The first-order valence-corrected chi connectivity index (χ1v) is 8.10. The van der Waals surface area contributed by atoms with E-state index in [9.17, 15) is 8.78 Å². The second-order valence-corrected chi connectivity index (χ2v) is 5.57. The Kier molecular flexibility index (Phi) is 7.46. The molecule has 6 nitrogen and oxygen atoms in total. The lowest BCUT2D eigenvalue weighted by atomic mass is 10.2. The maximum absolute atomic E-state index is 12.5. The van der Waals surface area contributed by atoms with E-state index in [4.69, 9.17) is 11.6 Å². The molecule has 1 aromatic carbocycles. The number of halogens is 3. The van der Waals surface area contributed by atoms with Crippen LogP contribution in [0.2, 0.25) is 5.02 Å². The minimum Gasteiger partial charge on any atom is -0.434 e. The number of rotatable bonds is 8. The summed E-state index contributed by atoms with van der Waals surface area (Å²) in [7, 11) is 1.64. The second-order valence-electron chi connectivity index (χ2n) is 5.14. The van der Waals surface area contributed by atoms with E-state index in [2.05, 4.69) is 25.3 Å². The lowest BCUT2D eigenvalue weighted by Crippen LogP contribution is -2.37. The predicted molar refractivity (Wildman–Crippen MR) is 93.1 cm³/mol. The third-order valence-corrected chi connectivity index (χ3v) is 3.59. The minimum atomic E-state index is -2.89. The zero-order valence-corrected chi connectivity index (χ0v) is 14.5. The van der Waals surface area contributed by atoms with Gasteiger partial charge >= 0.3 is 6.61 Å². The molecule has 0 saturated carbocycles. The molecule has 0 aliphatic heterocycles. The van der Waals surface area contributed by atoms with Crippen molar-refractivity contribution in [2.75, 3.05) is 13.6 Å². The number of aryl methyl sites for hydroxylation is 1. The molecule has 0 fully saturated rings. The van der Waals surface area contributed by atoms with Crippen LogP contribution in [0.1, 0.15) is 12.0 Å². The van der Waals surface area contributed by atoms with Crippen LogP contribution in [-0.2, 0) is 13.1 Å². The summed E-state index contributed by atoms with van der Waals surface area (Å²) in [4.78, 5) is 8.09. The number of hydrogen-bond donors (Lipinski definition) is 2. The number of nitrogens with one attached hydrogen (secondary N) is 2. The van der Waals surface area contributed by atoms with E-state index in [1.165, 1.54) is 12.1 Å². The molecule has 0 radical (unpaired) electrons. The number of ether oxygens (including phenoxy) is 1. The number of nitrogens with zero attached hydrogens (tertiary/aromatic N) is 3. The highest BCUT2D eigenvalue weighted by Gasteiger charge is 2.11. The number of alkyl halides is 2. The van der Waals surface area contributed by atoms with Crippen LogP contribution in [0.25, 0.3) is 0 Å². The van der Waals surface area contributed by atoms with Gasteiger partial charge in [-0.05, 0) is 24.6 Å². The van der Waals surface area contributed by atoms with Gasteiger partial charge < -0.3 is 19.9 Å². The Morgan fingerprint density at radius 1 is 1.40 bits per heavy atom. The molecule has 2 aromatic rings. The fourth-order valence-electron chi connectivity index (χ4n) is 2.18. The van der Waals surface area contributed by atoms with E-state index in [1.54, 1.807) is 25.6 Å². The summed E-state index contributed by atoms with van der Waals surface area (Å²) in [5.41, 5.74) is 0.522. The number of hydrogen-bond acceptors (Lipinski definition) is 3. The van der Waals surface area contributed by atoms with E-state index in [0.717, 1.165) is 13.0 Å². The highest BCUT2D eigenvalue weighted by atomic mass is 35.5. The quantitative estimate of drug-likeness (QED) is 0.425. The first-order chi connectivity index (χ1) is 12.1. The van der Waals surface area contributed by atoms with Crippen LogP contribution >= 0.6 is 11.6 Å². The summed E-state index contributed by atoms with van der Waals surface area (Å²) in [5, 5.41) is 6.66. The largest absolute Gasteiger partial charge is 0.434 e. The van der Waals surface area contributed by atoms with Gasteiger partial charge in [-0.15, -0.1) is 0 Å². The Bertz CT molecular complexity index is 679. The lowest BCUT2D eigenvalue weighted by molar-refractivity contribution is -0.0504.